The number of carboxylic acids is 2. The van der Waals surface area contributed by atoms with Gasteiger partial charge in [-0.1, -0.05) is 115 Å². The van der Waals surface area contributed by atoms with Crippen molar-refractivity contribution in [1.29, 1.82) is 0 Å². The summed E-state index contributed by atoms with van der Waals surface area (Å²) in [5.41, 5.74) is 0. The van der Waals surface area contributed by atoms with Gasteiger partial charge in [0.1, 0.15) is 0 Å². The predicted octanol–water partition coefficient (Wildman–Crippen LogP) is 7.61. The SMILES string of the molecule is CCCCCC/C=C/CCCCCCCC(=O)[O-].CCCCCC/C=C\CCCCCCCC(=O)[O-].[Ca+2]. The first kappa shape index (κ1) is 41.2. The number of hydrogen-bond acceptors (Lipinski definition) is 4. The van der Waals surface area contributed by atoms with Crippen LogP contribution in [-0.4, -0.2) is 49.7 Å². The maximum Gasteiger partial charge on any atom is 2.00 e. The molecular weight excluding hydrogens is 488 g/mol. The Hall–Kier alpha value is -0.320. The van der Waals surface area contributed by atoms with Crippen LogP contribution in [0.3, 0.4) is 0 Å². The van der Waals surface area contributed by atoms with Gasteiger partial charge in [-0.2, -0.15) is 0 Å². The van der Waals surface area contributed by atoms with Crippen LogP contribution in [0, 0.1) is 0 Å². The molecule has 5 heteroatoms. The molecule has 0 heterocycles. The minimum atomic E-state index is -0.916. The molecule has 0 unspecified atom stereocenters. The van der Waals surface area contributed by atoms with Gasteiger partial charge in [0.15, 0.2) is 0 Å². The van der Waals surface area contributed by atoms with E-state index in [1.165, 1.54) is 103 Å². The third-order valence-electron chi connectivity index (χ3n) is 6.29. The summed E-state index contributed by atoms with van der Waals surface area (Å²) in [6.45, 7) is 4.48. The third-order valence-corrected chi connectivity index (χ3v) is 6.29. The van der Waals surface area contributed by atoms with E-state index in [4.69, 9.17) is 0 Å². The minimum absolute atomic E-state index is 0. The molecule has 4 nitrogen and oxygen atoms in total. The molecule has 0 amide bonds. The standard InChI is InChI=1S/2C16H30O2.Ca/c2*1-2-3-4-5-6-7-8-9-10-11-12-13-14-15-16(17)18;/h2*7-8H,2-6,9-15H2,1H3,(H,17,18);/q;;+2/p-2/b8-7+;8-7-;. The summed E-state index contributed by atoms with van der Waals surface area (Å²) >= 11 is 0. The number of carbonyl (C=O) groups is 2. The van der Waals surface area contributed by atoms with E-state index in [2.05, 4.69) is 38.2 Å². The second-order valence-corrected chi connectivity index (χ2v) is 10.00. The summed E-state index contributed by atoms with van der Waals surface area (Å²) in [5, 5.41) is 20.4. The molecule has 212 valence electrons. The zero-order valence-corrected chi connectivity index (χ0v) is 26.8. The first-order valence-electron chi connectivity index (χ1n) is 15.2. The van der Waals surface area contributed by atoms with Gasteiger partial charge in [0.25, 0.3) is 0 Å². The smallest absolute Gasteiger partial charge is 0.550 e. The van der Waals surface area contributed by atoms with Gasteiger partial charge in [0.05, 0.1) is 0 Å². The fourth-order valence-electron chi connectivity index (χ4n) is 3.97. The summed E-state index contributed by atoms with van der Waals surface area (Å²) in [7, 11) is 0. The Morgan fingerprint density at radius 2 is 0.676 bits per heavy atom. The first-order chi connectivity index (χ1) is 17.5. The molecule has 0 N–H and O–H groups in total. The van der Waals surface area contributed by atoms with Gasteiger partial charge in [-0.3, -0.25) is 0 Å². The van der Waals surface area contributed by atoms with E-state index in [0.717, 1.165) is 38.5 Å². The van der Waals surface area contributed by atoms with Gasteiger partial charge in [0.2, 0.25) is 0 Å². The zero-order valence-electron chi connectivity index (χ0n) is 24.6. The molecular formula is C32H58CaO4. The third kappa shape index (κ3) is 45.9. The molecule has 0 spiro atoms. The van der Waals surface area contributed by atoms with E-state index in [1.54, 1.807) is 0 Å². The molecule has 0 aliphatic heterocycles. The zero-order chi connectivity index (χ0) is 27.0. The molecule has 0 saturated heterocycles. The predicted molar refractivity (Wildman–Crippen MR) is 156 cm³/mol. The molecule has 0 bridgehead atoms. The topological polar surface area (TPSA) is 80.3 Å². The maximum atomic E-state index is 10.2. The van der Waals surface area contributed by atoms with Crippen LogP contribution in [0.15, 0.2) is 24.3 Å². The fourth-order valence-corrected chi connectivity index (χ4v) is 3.97. The molecule has 0 fully saturated rings. The van der Waals surface area contributed by atoms with Gasteiger partial charge >= 0.3 is 37.7 Å². The van der Waals surface area contributed by atoms with Gasteiger partial charge < -0.3 is 19.8 Å². The number of allylic oxidation sites excluding steroid dienone is 4. The Bertz CT molecular complexity index is 471. The van der Waals surface area contributed by atoms with E-state index >= 15 is 0 Å². The number of aliphatic carboxylic acids is 2. The number of carbonyl (C=O) groups excluding carboxylic acids is 2. The van der Waals surface area contributed by atoms with Gasteiger partial charge in [-0.05, 0) is 77.0 Å². The summed E-state index contributed by atoms with van der Waals surface area (Å²) in [6, 6.07) is 0. The number of carboxylic acid groups (broad SMARTS) is 2. The van der Waals surface area contributed by atoms with Crippen molar-refractivity contribution in [3.8, 4) is 0 Å². The minimum Gasteiger partial charge on any atom is -0.550 e. The molecule has 0 radical (unpaired) electrons. The summed E-state index contributed by atoms with van der Waals surface area (Å²) in [4.78, 5) is 20.4. The molecule has 0 aromatic rings. The van der Waals surface area contributed by atoms with Crippen molar-refractivity contribution in [2.75, 3.05) is 0 Å². The van der Waals surface area contributed by atoms with Crippen LogP contribution in [0.25, 0.3) is 0 Å². The van der Waals surface area contributed by atoms with Crippen molar-refractivity contribution in [1.82, 2.24) is 0 Å². The average Bonchev–Trinajstić information content (AvgIpc) is 2.85. The molecule has 0 saturated carbocycles. The molecule has 0 aliphatic rings. The molecule has 0 aromatic carbocycles. The average molecular weight is 547 g/mol. The molecule has 0 atom stereocenters. The number of rotatable bonds is 26. The van der Waals surface area contributed by atoms with E-state index in [1.807, 2.05) is 0 Å². The summed E-state index contributed by atoms with van der Waals surface area (Å²) in [6.07, 6.45) is 36.0. The van der Waals surface area contributed by atoms with Crippen LogP contribution in [0.2, 0.25) is 0 Å². The number of hydrogen-bond donors (Lipinski definition) is 0. The van der Waals surface area contributed by atoms with Crippen LogP contribution < -0.4 is 10.2 Å². The van der Waals surface area contributed by atoms with Crippen molar-refractivity contribution in [3.05, 3.63) is 24.3 Å². The largest absolute Gasteiger partial charge is 2.00 e. The van der Waals surface area contributed by atoms with Gasteiger partial charge in [-0.15, -0.1) is 0 Å². The van der Waals surface area contributed by atoms with Crippen LogP contribution in [0.5, 0.6) is 0 Å². The summed E-state index contributed by atoms with van der Waals surface area (Å²) in [5.74, 6) is -1.83. The molecule has 37 heavy (non-hydrogen) atoms. The van der Waals surface area contributed by atoms with Crippen molar-refractivity contribution in [3.63, 3.8) is 0 Å². The molecule has 0 aliphatic carbocycles. The Morgan fingerprint density at radius 3 is 0.946 bits per heavy atom. The normalized spacial score (nSPS) is 10.9. The number of unbranched alkanes of at least 4 members (excludes halogenated alkanes) is 18. The van der Waals surface area contributed by atoms with Crippen molar-refractivity contribution in [2.24, 2.45) is 0 Å². The van der Waals surface area contributed by atoms with Crippen LogP contribution in [-0.2, 0) is 9.59 Å². The van der Waals surface area contributed by atoms with Crippen LogP contribution in [0.1, 0.15) is 168 Å². The van der Waals surface area contributed by atoms with E-state index < -0.39 is 11.9 Å². The Balaban J connectivity index is -0.000000608. The maximum absolute atomic E-state index is 10.2. The second-order valence-electron chi connectivity index (χ2n) is 10.00. The van der Waals surface area contributed by atoms with E-state index in [-0.39, 0.29) is 50.6 Å². The van der Waals surface area contributed by atoms with Gasteiger partial charge in [0, 0.05) is 11.9 Å². The quantitative estimate of drug-likeness (QED) is 0.0635. The molecule has 0 rings (SSSR count). The monoisotopic (exact) mass is 546 g/mol. The van der Waals surface area contributed by atoms with Crippen LogP contribution in [0.4, 0.5) is 0 Å². The van der Waals surface area contributed by atoms with E-state index in [0.29, 0.717) is 0 Å². The molecule has 0 aromatic heterocycles. The Kier molecular flexibility index (Phi) is 42.1. The summed E-state index contributed by atoms with van der Waals surface area (Å²) < 4.78 is 0. The fraction of sp³-hybridized carbons (Fsp3) is 0.812. The Labute approximate surface area is 260 Å². The van der Waals surface area contributed by atoms with Crippen molar-refractivity contribution in [2.45, 2.75) is 168 Å². The van der Waals surface area contributed by atoms with Crippen molar-refractivity contribution >= 4 is 49.7 Å². The van der Waals surface area contributed by atoms with Gasteiger partial charge in [-0.25, -0.2) is 0 Å². The van der Waals surface area contributed by atoms with E-state index in [9.17, 15) is 19.8 Å². The second kappa shape index (κ2) is 37.8. The Morgan fingerprint density at radius 1 is 0.432 bits per heavy atom. The van der Waals surface area contributed by atoms with Crippen molar-refractivity contribution < 1.29 is 19.8 Å². The van der Waals surface area contributed by atoms with Crippen LogP contribution >= 0.6 is 0 Å². The first-order valence-corrected chi connectivity index (χ1v) is 15.2.